The highest BCUT2D eigenvalue weighted by molar-refractivity contribution is 5.95. The molecule has 0 aliphatic carbocycles. The van der Waals surface area contributed by atoms with E-state index in [1.807, 2.05) is 60.7 Å². The number of amides is 1. The fraction of sp³-hybridized carbons (Fsp3) is 0.100. The zero-order valence-electron chi connectivity index (χ0n) is 12.8. The lowest BCUT2D eigenvalue weighted by Gasteiger charge is -2.10. The molecule has 0 bridgehead atoms. The van der Waals surface area contributed by atoms with Crippen molar-refractivity contribution in [3.63, 3.8) is 0 Å². The van der Waals surface area contributed by atoms with Crippen molar-refractivity contribution in [3.8, 4) is 0 Å². The molecule has 114 valence electrons. The first-order chi connectivity index (χ1) is 11.3. The second kappa shape index (κ2) is 7.36. The molecule has 3 heteroatoms. The van der Waals surface area contributed by atoms with Crippen LogP contribution in [0.25, 0.3) is 0 Å². The van der Waals surface area contributed by atoms with Crippen LogP contribution in [-0.2, 0) is 13.0 Å². The number of pyridine rings is 1. The fourth-order valence-electron chi connectivity index (χ4n) is 2.48. The summed E-state index contributed by atoms with van der Waals surface area (Å²) in [6.45, 7) is 0.430. The maximum absolute atomic E-state index is 12.5. The summed E-state index contributed by atoms with van der Waals surface area (Å²) in [5.74, 6) is -0.0674. The highest BCUT2D eigenvalue weighted by Gasteiger charge is 2.11. The lowest BCUT2D eigenvalue weighted by Crippen LogP contribution is -2.24. The van der Waals surface area contributed by atoms with Crippen molar-refractivity contribution >= 4 is 5.91 Å². The minimum atomic E-state index is -0.0674. The maximum atomic E-state index is 12.5. The third-order valence-corrected chi connectivity index (χ3v) is 3.66. The van der Waals surface area contributed by atoms with Gasteiger partial charge in [-0.05, 0) is 35.7 Å². The van der Waals surface area contributed by atoms with Gasteiger partial charge in [-0.25, -0.2) is 0 Å². The van der Waals surface area contributed by atoms with Gasteiger partial charge in [0.2, 0.25) is 0 Å². The average Bonchev–Trinajstić information content (AvgIpc) is 2.62. The Kier molecular flexibility index (Phi) is 4.79. The van der Waals surface area contributed by atoms with Crippen molar-refractivity contribution in [2.24, 2.45) is 0 Å². The molecule has 0 aliphatic heterocycles. The van der Waals surface area contributed by atoms with E-state index in [-0.39, 0.29) is 5.91 Å². The number of benzene rings is 2. The van der Waals surface area contributed by atoms with Crippen molar-refractivity contribution in [1.29, 1.82) is 0 Å². The van der Waals surface area contributed by atoms with E-state index >= 15 is 0 Å². The Labute approximate surface area is 136 Å². The van der Waals surface area contributed by atoms with E-state index < -0.39 is 0 Å². The third-order valence-electron chi connectivity index (χ3n) is 3.66. The van der Waals surface area contributed by atoms with Crippen LogP contribution in [0.3, 0.4) is 0 Å². The summed E-state index contributed by atoms with van der Waals surface area (Å²) in [4.78, 5) is 16.7. The summed E-state index contributed by atoms with van der Waals surface area (Å²) in [6, 6.07) is 23.6. The van der Waals surface area contributed by atoms with Crippen molar-refractivity contribution in [3.05, 3.63) is 101 Å². The van der Waals surface area contributed by atoms with Crippen molar-refractivity contribution < 1.29 is 4.79 Å². The first-order valence-corrected chi connectivity index (χ1v) is 7.63. The lowest BCUT2D eigenvalue weighted by molar-refractivity contribution is 0.0949. The fourth-order valence-corrected chi connectivity index (χ4v) is 2.48. The minimum absolute atomic E-state index is 0.0674. The smallest absolute Gasteiger partial charge is 0.251 e. The summed E-state index contributed by atoms with van der Waals surface area (Å²) < 4.78 is 0. The van der Waals surface area contributed by atoms with Crippen LogP contribution in [0.5, 0.6) is 0 Å². The van der Waals surface area contributed by atoms with Crippen LogP contribution in [0, 0.1) is 0 Å². The predicted octanol–water partition coefficient (Wildman–Crippen LogP) is 3.60. The summed E-state index contributed by atoms with van der Waals surface area (Å²) in [5, 5.41) is 2.94. The third kappa shape index (κ3) is 4.04. The first kappa shape index (κ1) is 15.0. The molecule has 1 aromatic heterocycles. The van der Waals surface area contributed by atoms with Crippen LogP contribution >= 0.6 is 0 Å². The molecule has 0 fully saturated rings. The van der Waals surface area contributed by atoms with Gasteiger partial charge in [0.25, 0.3) is 5.91 Å². The Balaban J connectivity index is 1.73. The molecule has 0 aliphatic rings. The van der Waals surface area contributed by atoms with Gasteiger partial charge in [0, 0.05) is 11.8 Å². The van der Waals surface area contributed by atoms with Gasteiger partial charge in [-0.15, -0.1) is 0 Å². The number of rotatable bonds is 5. The molecule has 3 nitrogen and oxygen atoms in total. The van der Waals surface area contributed by atoms with Crippen LogP contribution < -0.4 is 5.32 Å². The molecule has 0 atom stereocenters. The molecule has 3 rings (SSSR count). The van der Waals surface area contributed by atoms with Crippen molar-refractivity contribution in [2.45, 2.75) is 13.0 Å². The molecule has 1 heterocycles. The molecular weight excluding hydrogens is 284 g/mol. The van der Waals surface area contributed by atoms with Gasteiger partial charge in [0.05, 0.1) is 12.2 Å². The zero-order valence-corrected chi connectivity index (χ0v) is 12.8. The van der Waals surface area contributed by atoms with Crippen LogP contribution in [-0.4, -0.2) is 10.9 Å². The quantitative estimate of drug-likeness (QED) is 0.782. The molecule has 1 amide bonds. The highest BCUT2D eigenvalue weighted by atomic mass is 16.1. The number of nitrogens with one attached hydrogen (secondary N) is 1. The summed E-state index contributed by atoms with van der Waals surface area (Å²) in [6.07, 6.45) is 2.47. The average molecular weight is 302 g/mol. The van der Waals surface area contributed by atoms with Gasteiger partial charge in [-0.3, -0.25) is 9.78 Å². The largest absolute Gasteiger partial charge is 0.346 e. The molecule has 0 saturated heterocycles. The summed E-state index contributed by atoms with van der Waals surface area (Å²) in [5.41, 5.74) is 3.78. The molecule has 0 spiro atoms. The lowest BCUT2D eigenvalue weighted by atomic mass is 9.99. The zero-order chi connectivity index (χ0) is 15.9. The van der Waals surface area contributed by atoms with Crippen molar-refractivity contribution in [2.75, 3.05) is 0 Å². The van der Waals surface area contributed by atoms with Crippen LogP contribution in [0.1, 0.15) is 27.2 Å². The Bertz CT molecular complexity index is 770. The second-order valence-corrected chi connectivity index (χ2v) is 5.32. The summed E-state index contributed by atoms with van der Waals surface area (Å²) in [7, 11) is 0. The Hall–Kier alpha value is -2.94. The maximum Gasteiger partial charge on any atom is 0.251 e. The van der Waals surface area contributed by atoms with E-state index in [1.165, 1.54) is 5.56 Å². The number of hydrogen-bond donors (Lipinski definition) is 1. The Morgan fingerprint density at radius 2 is 1.61 bits per heavy atom. The Morgan fingerprint density at radius 3 is 2.39 bits per heavy atom. The first-order valence-electron chi connectivity index (χ1n) is 7.63. The predicted molar refractivity (Wildman–Crippen MR) is 91.1 cm³/mol. The molecule has 0 saturated carbocycles. The molecule has 0 radical (unpaired) electrons. The summed E-state index contributed by atoms with van der Waals surface area (Å²) >= 11 is 0. The number of aromatic nitrogens is 1. The molecular formula is C20H18N2O. The van der Waals surface area contributed by atoms with E-state index in [1.54, 1.807) is 6.20 Å². The number of nitrogens with zero attached hydrogens (tertiary/aromatic N) is 1. The standard InChI is InChI=1S/C20H18N2O/c23-20(22-15-18-11-6-7-13-21-18)19-12-5-4-10-17(19)14-16-8-2-1-3-9-16/h1-13H,14-15H2,(H,22,23). The molecule has 23 heavy (non-hydrogen) atoms. The molecule has 3 aromatic rings. The van der Waals surface area contributed by atoms with E-state index in [0.29, 0.717) is 12.1 Å². The van der Waals surface area contributed by atoms with E-state index in [0.717, 1.165) is 17.7 Å². The molecule has 1 N–H and O–H groups in total. The molecule has 0 unspecified atom stereocenters. The number of hydrogen-bond acceptors (Lipinski definition) is 2. The normalized spacial score (nSPS) is 10.3. The highest BCUT2D eigenvalue weighted by Crippen LogP contribution is 2.14. The molecule has 2 aromatic carbocycles. The topological polar surface area (TPSA) is 42.0 Å². The van der Waals surface area contributed by atoms with E-state index in [2.05, 4.69) is 22.4 Å². The number of carbonyl (C=O) groups excluding carboxylic acids is 1. The van der Waals surface area contributed by atoms with Gasteiger partial charge in [0.15, 0.2) is 0 Å². The van der Waals surface area contributed by atoms with Gasteiger partial charge in [-0.2, -0.15) is 0 Å². The monoisotopic (exact) mass is 302 g/mol. The van der Waals surface area contributed by atoms with Gasteiger partial charge in [-0.1, -0.05) is 54.6 Å². The van der Waals surface area contributed by atoms with Gasteiger partial charge < -0.3 is 5.32 Å². The van der Waals surface area contributed by atoms with Crippen LogP contribution in [0.15, 0.2) is 79.0 Å². The van der Waals surface area contributed by atoms with Gasteiger partial charge >= 0.3 is 0 Å². The van der Waals surface area contributed by atoms with E-state index in [9.17, 15) is 4.79 Å². The van der Waals surface area contributed by atoms with E-state index in [4.69, 9.17) is 0 Å². The van der Waals surface area contributed by atoms with Gasteiger partial charge in [0.1, 0.15) is 0 Å². The second-order valence-electron chi connectivity index (χ2n) is 5.32. The number of carbonyl (C=O) groups is 1. The van der Waals surface area contributed by atoms with Crippen molar-refractivity contribution in [1.82, 2.24) is 10.3 Å². The Morgan fingerprint density at radius 1 is 0.870 bits per heavy atom. The minimum Gasteiger partial charge on any atom is -0.346 e. The van der Waals surface area contributed by atoms with Crippen LogP contribution in [0.2, 0.25) is 0 Å². The SMILES string of the molecule is O=C(NCc1ccccn1)c1ccccc1Cc1ccccc1. The van der Waals surface area contributed by atoms with Crippen LogP contribution in [0.4, 0.5) is 0 Å².